The van der Waals surface area contributed by atoms with Crippen molar-refractivity contribution in [3.63, 3.8) is 0 Å². The van der Waals surface area contributed by atoms with Crippen LogP contribution < -0.4 is 0 Å². The van der Waals surface area contributed by atoms with Crippen LogP contribution in [0.3, 0.4) is 0 Å². The first-order valence-electron chi connectivity index (χ1n) is 7.79. The lowest BCUT2D eigenvalue weighted by molar-refractivity contribution is 0.0527. The van der Waals surface area contributed by atoms with Crippen molar-refractivity contribution in [1.29, 1.82) is 0 Å². The van der Waals surface area contributed by atoms with Gasteiger partial charge in [0.15, 0.2) is 5.65 Å². The van der Waals surface area contributed by atoms with Crippen molar-refractivity contribution < 1.29 is 9.53 Å². The molecule has 0 aromatic carbocycles. The van der Waals surface area contributed by atoms with Crippen LogP contribution in [0.1, 0.15) is 55.6 Å². The molecule has 0 aliphatic rings. The molecule has 0 atom stereocenters. The second-order valence-electron chi connectivity index (χ2n) is 5.12. The third-order valence-corrected chi connectivity index (χ3v) is 4.14. The minimum atomic E-state index is -0.313. The van der Waals surface area contributed by atoms with Crippen LogP contribution in [-0.4, -0.2) is 33.8 Å². The maximum absolute atomic E-state index is 12.3. The predicted octanol–water partition coefficient (Wildman–Crippen LogP) is 3.98. The normalized spacial score (nSPS) is 11.0. The fourth-order valence-electron chi connectivity index (χ4n) is 2.42. The SMILES string of the molecule is CCCCCCc1[nH]c2ncc(SC)nc2c1C(=O)OCC. The number of ether oxygens (including phenoxy) is 1. The molecule has 5 nitrogen and oxygen atoms in total. The highest BCUT2D eigenvalue weighted by atomic mass is 32.2. The van der Waals surface area contributed by atoms with Gasteiger partial charge in [0.2, 0.25) is 0 Å². The molecule has 120 valence electrons. The molecule has 2 heterocycles. The molecule has 22 heavy (non-hydrogen) atoms. The number of nitrogens with zero attached hydrogens (tertiary/aromatic N) is 2. The molecule has 2 rings (SSSR count). The Labute approximate surface area is 135 Å². The molecule has 0 aliphatic heterocycles. The second-order valence-corrected chi connectivity index (χ2v) is 5.95. The molecule has 0 saturated heterocycles. The Morgan fingerprint density at radius 3 is 2.82 bits per heavy atom. The summed E-state index contributed by atoms with van der Waals surface area (Å²) in [5, 5.41) is 0.801. The first-order valence-corrected chi connectivity index (χ1v) is 9.02. The van der Waals surface area contributed by atoms with Crippen LogP contribution >= 0.6 is 11.8 Å². The summed E-state index contributed by atoms with van der Waals surface area (Å²) in [5.41, 5.74) is 2.72. The van der Waals surface area contributed by atoms with E-state index < -0.39 is 0 Å². The highest BCUT2D eigenvalue weighted by Gasteiger charge is 2.21. The standard InChI is InChI=1S/C16H23N3O2S/c1-4-6-7-8-9-11-13(16(20)21-5-2)14-15(18-11)17-10-12(19-14)22-3/h10H,4-9H2,1-3H3,(H,17,18). The van der Waals surface area contributed by atoms with Crippen LogP contribution in [0.5, 0.6) is 0 Å². The molecule has 0 radical (unpaired) electrons. The van der Waals surface area contributed by atoms with Gasteiger partial charge in [-0.1, -0.05) is 26.2 Å². The molecule has 0 fully saturated rings. The van der Waals surface area contributed by atoms with E-state index in [2.05, 4.69) is 21.9 Å². The second kappa shape index (κ2) is 8.17. The molecule has 0 unspecified atom stereocenters. The smallest absolute Gasteiger partial charge is 0.342 e. The zero-order valence-electron chi connectivity index (χ0n) is 13.4. The van der Waals surface area contributed by atoms with E-state index in [1.807, 2.05) is 13.2 Å². The topological polar surface area (TPSA) is 67.9 Å². The lowest BCUT2D eigenvalue weighted by Gasteiger charge is -2.04. The van der Waals surface area contributed by atoms with Crippen LogP contribution in [0, 0.1) is 0 Å². The number of hydrogen-bond donors (Lipinski definition) is 1. The van der Waals surface area contributed by atoms with E-state index in [-0.39, 0.29) is 5.97 Å². The van der Waals surface area contributed by atoms with Crippen LogP contribution in [0.15, 0.2) is 11.2 Å². The summed E-state index contributed by atoms with van der Waals surface area (Å²) in [6, 6.07) is 0. The summed E-state index contributed by atoms with van der Waals surface area (Å²) in [4.78, 5) is 24.5. The van der Waals surface area contributed by atoms with Crippen molar-refractivity contribution in [1.82, 2.24) is 15.0 Å². The van der Waals surface area contributed by atoms with E-state index in [4.69, 9.17) is 4.74 Å². The van der Waals surface area contributed by atoms with Crippen molar-refractivity contribution >= 4 is 28.9 Å². The molecule has 0 bridgehead atoms. The number of aromatic nitrogens is 3. The Morgan fingerprint density at radius 1 is 1.32 bits per heavy atom. The zero-order chi connectivity index (χ0) is 15.9. The van der Waals surface area contributed by atoms with Crippen LogP contribution in [0.2, 0.25) is 0 Å². The number of unbranched alkanes of at least 4 members (excludes halogenated alkanes) is 3. The predicted molar refractivity (Wildman–Crippen MR) is 89.5 cm³/mol. The van der Waals surface area contributed by atoms with Gasteiger partial charge in [-0.15, -0.1) is 11.8 Å². The molecule has 0 saturated carbocycles. The summed E-state index contributed by atoms with van der Waals surface area (Å²) in [5.74, 6) is -0.313. The first-order chi connectivity index (χ1) is 10.7. The number of nitrogens with one attached hydrogen (secondary N) is 1. The molecular formula is C16H23N3O2S. The molecule has 0 aliphatic carbocycles. The van der Waals surface area contributed by atoms with Crippen molar-refractivity contribution in [2.45, 2.75) is 51.0 Å². The van der Waals surface area contributed by atoms with Crippen LogP contribution in [-0.2, 0) is 11.2 Å². The van der Waals surface area contributed by atoms with E-state index in [9.17, 15) is 4.79 Å². The maximum Gasteiger partial charge on any atom is 0.342 e. The highest BCUT2D eigenvalue weighted by Crippen LogP contribution is 2.24. The van der Waals surface area contributed by atoms with Gasteiger partial charge in [-0.3, -0.25) is 0 Å². The summed E-state index contributed by atoms with van der Waals surface area (Å²) in [6.45, 7) is 4.36. The fourth-order valence-corrected chi connectivity index (χ4v) is 2.77. The number of aromatic amines is 1. The Bertz CT molecular complexity index is 640. The number of fused-ring (bicyclic) bond motifs is 1. The highest BCUT2D eigenvalue weighted by molar-refractivity contribution is 7.98. The van der Waals surface area contributed by atoms with E-state index >= 15 is 0 Å². The van der Waals surface area contributed by atoms with Crippen molar-refractivity contribution in [3.8, 4) is 0 Å². The van der Waals surface area contributed by atoms with Crippen LogP contribution in [0.25, 0.3) is 11.2 Å². The molecule has 0 amide bonds. The number of carbonyl (C=O) groups is 1. The summed E-state index contributed by atoms with van der Waals surface area (Å²) in [7, 11) is 0. The largest absolute Gasteiger partial charge is 0.462 e. The number of carbonyl (C=O) groups excluding carboxylic acids is 1. The molecular weight excluding hydrogens is 298 g/mol. The van der Waals surface area contributed by atoms with E-state index in [1.54, 1.807) is 6.20 Å². The minimum absolute atomic E-state index is 0.313. The summed E-state index contributed by atoms with van der Waals surface area (Å²) >= 11 is 1.51. The lowest BCUT2D eigenvalue weighted by atomic mass is 10.1. The molecule has 2 aromatic heterocycles. The van der Waals surface area contributed by atoms with Gasteiger partial charge in [0, 0.05) is 5.69 Å². The van der Waals surface area contributed by atoms with Gasteiger partial charge in [-0.05, 0) is 26.0 Å². The van der Waals surface area contributed by atoms with Crippen LogP contribution in [0.4, 0.5) is 0 Å². The Hall–Kier alpha value is -1.56. The minimum Gasteiger partial charge on any atom is -0.462 e. The van der Waals surface area contributed by atoms with Gasteiger partial charge in [0.1, 0.15) is 16.1 Å². The average molecular weight is 321 g/mol. The van der Waals surface area contributed by atoms with Gasteiger partial charge < -0.3 is 9.72 Å². The number of H-pyrrole nitrogens is 1. The monoisotopic (exact) mass is 321 g/mol. The Balaban J connectivity index is 2.35. The Kier molecular flexibility index (Phi) is 6.24. The number of thioether (sulfide) groups is 1. The molecule has 2 aromatic rings. The number of rotatable bonds is 8. The van der Waals surface area contributed by atoms with Crippen molar-refractivity contribution in [2.75, 3.05) is 12.9 Å². The quantitative estimate of drug-likeness (QED) is 0.452. The number of hydrogen-bond acceptors (Lipinski definition) is 5. The molecule has 1 N–H and O–H groups in total. The first kappa shape index (κ1) is 16.8. The van der Waals surface area contributed by atoms with E-state index in [0.717, 1.165) is 30.0 Å². The third-order valence-electron chi connectivity index (χ3n) is 3.53. The van der Waals surface area contributed by atoms with E-state index in [0.29, 0.717) is 23.3 Å². The lowest BCUT2D eigenvalue weighted by Crippen LogP contribution is -2.08. The van der Waals surface area contributed by atoms with Gasteiger partial charge in [-0.25, -0.2) is 14.8 Å². The summed E-state index contributed by atoms with van der Waals surface area (Å²) in [6.07, 6.45) is 9.09. The Morgan fingerprint density at radius 2 is 2.14 bits per heavy atom. The third kappa shape index (κ3) is 3.80. The van der Waals surface area contributed by atoms with Gasteiger partial charge in [-0.2, -0.15) is 0 Å². The molecule has 0 spiro atoms. The summed E-state index contributed by atoms with van der Waals surface area (Å²) < 4.78 is 5.20. The maximum atomic E-state index is 12.3. The van der Waals surface area contributed by atoms with Crippen molar-refractivity contribution in [3.05, 3.63) is 17.5 Å². The average Bonchev–Trinajstić information content (AvgIpc) is 2.89. The zero-order valence-corrected chi connectivity index (χ0v) is 14.3. The fraction of sp³-hybridized carbons (Fsp3) is 0.562. The van der Waals surface area contributed by atoms with Gasteiger partial charge in [0.25, 0.3) is 0 Å². The van der Waals surface area contributed by atoms with Gasteiger partial charge in [0.05, 0.1) is 12.8 Å². The molecule has 6 heteroatoms. The number of aryl methyl sites for hydroxylation is 1. The van der Waals surface area contributed by atoms with E-state index in [1.165, 1.54) is 24.6 Å². The van der Waals surface area contributed by atoms with Crippen molar-refractivity contribution in [2.24, 2.45) is 0 Å². The van der Waals surface area contributed by atoms with Gasteiger partial charge >= 0.3 is 5.97 Å². The number of esters is 1.